The topological polar surface area (TPSA) is 74.8 Å². The lowest BCUT2D eigenvalue weighted by Crippen LogP contribution is -2.42. The third-order valence-electron chi connectivity index (χ3n) is 3.00. The first-order valence-electron chi connectivity index (χ1n) is 7.73. The van der Waals surface area contributed by atoms with Crippen molar-refractivity contribution in [1.29, 1.82) is 0 Å². The fourth-order valence-electron chi connectivity index (χ4n) is 1.81. The summed E-state index contributed by atoms with van der Waals surface area (Å²) in [4.78, 5) is 16.0. The van der Waals surface area contributed by atoms with Gasteiger partial charge in [-0.25, -0.2) is 0 Å². The quantitative estimate of drug-likeness (QED) is 0.225. The van der Waals surface area contributed by atoms with Crippen LogP contribution in [0.3, 0.4) is 0 Å². The highest BCUT2D eigenvalue weighted by atomic mass is 127. The molecule has 0 aliphatic rings. The highest BCUT2D eigenvalue weighted by molar-refractivity contribution is 14.0. The van der Waals surface area contributed by atoms with Gasteiger partial charge in [-0.15, -0.1) is 24.0 Å². The van der Waals surface area contributed by atoms with Gasteiger partial charge in [0.25, 0.3) is 5.91 Å². The summed E-state index contributed by atoms with van der Waals surface area (Å²) in [6.07, 6.45) is 0.918. The van der Waals surface area contributed by atoms with Crippen LogP contribution in [0.2, 0.25) is 5.02 Å². The summed E-state index contributed by atoms with van der Waals surface area (Å²) < 4.78 is 5.27. The standard InChI is InChI=1S/C16H25ClN4O2.HI/c1-3-23-12-4-9-20-16(18-2)21-11-10-19-15(22)13-5-7-14(17)8-6-13;/h5-8H,3-4,9-12H2,1-2H3,(H,19,22)(H2,18,20,21);1H. The van der Waals surface area contributed by atoms with Gasteiger partial charge >= 0.3 is 0 Å². The van der Waals surface area contributed by atoms with E-state index in [0.29, 0.717) is 29.6 Å². The predicted molar refractivity (Wildman–Crippen MR) is 110 cm³/mol. The molecule has 1 aromatic carbocycles. The first kappa shape index (κ1) is 22.9. The van der Waals surface area contributed by atoms with E-state index < -0.39 is 0 Å². The van der Waals surface area contributed by atoms with Crippen molar-refractivity contribution in [3.63, 3.8) is 0 Å². The van der Waals surface area contributed by atoms with Crippen molar-refractivity contribution in [3.05, 3.63) is 34.9 Å². The van der Waals surface area contributed by atoms with E-state index in [4.69, 9.17) is 16.3 Å². The molecule has 6 nitrogen and oxygen atoms in total. The molecule has 0 unspecified atom stereocenters. The lowest BCUT2D eigenvalue weighted by atomic mass is 10.2. The monoisotopic (exact) mass is 468 g/mol. The molecule has 0 radical (unpaired) electrons. The Bertz CT molecular complexity index is 497. The van der Waals surface area contributed by atoms with E-state index in [1.165, 1.54) is 0 Å². The molecular weight excluding hydrogens is 443 g/mol. The second kappa shape index (κ2) is 14.3. The maximum absolute atomic E-state index is 11.9. The first-order valence-corrected chi connectivity index (χ1v) is 8.11. The third-order valence-corrected chi connectivity index (χ3v) is 3.25. The number of carbonyl (C=O) groups excluding carboxylic acids is 1. The molecule has 8 heteroatoms. The van der Waals surface area contributed by atoms with Crippen LogP contribution in [0.5, 0.6) is 0 Å². The van der Waals surface area contributed by atoms with E-state index in [9.17, 15) is 4.79 Å². The summed E-state index contributed by atoms with van der Waals surface area (Å²) in [7, 11) is 1.71. The normalized spacial score (nSPS) is 10.7. The van der Waals surface area contributed by atoms with Gasteiger partial charge in [0, 0.05) is 50.5 Å². The molecule has 1 amide bonds. The molecule has 0 saturated carbocycles. The predicted octanol–water partition coefficient (Wildman–Crippen LogP) is 2.28. The van der Waals surface area contributed by atoms with Gasteiger partial charge in [0.1, 0.15) is 0 Å². The summed E-state index contributed by atoms with van der Waals surface area (Å²) in [5.41, 5.74) is 0.591. The molecule has 0 aromatic heterocycles. The third kappa shape index (κ3) is 9.94. The minimum Gasteiger partial charge on any atom is -0.382 e. The van der Waals surface area contributed by atoms with E-state index in [1.54, 1.807) is 31.3 Å². The average molecular weight is 469 g/mol. The molecule has 24 heavy (non-hydrogen) atoms. The lowest BCUT2D eigenvalue weighted by molar-refractivity contribution is 0.0954. The van der Waals surface area contributed by atoms with Gasteiger partial charge in [-0.3, -0.25) is 9.79 Å². The van der Waals surface area contributed by atoms with Crippen LogP contribution in [-0.4, -0.2) is 51.8 Å². The smallest absolute Gasteiger partial charge is 0.251 e. The van der Waals surface area contributed by atoms with Gasteiger partial charge < -0.3 is 20.7 Å². The Kier molecular flexibility index (Phi) is 13.7. The molecule has 1 rings (SSSR count). The Morgan fingerprint density at radius 2 is 1.75 bits per heavy atom. The van der Waals surface area contributed by atoms with Crippen LogP contribution >= 0.6 is 35.6 Å². The summed E-state index contributed by atoms with van der Waals surface area (Å²) in [5, 5.41) is 9.77. The Labute approximate surface area is 165 Å². The van der Waals surface area contributed by atoms with E-state index in [0.717, 1.165) is 26.2 Å². The summed E-state index contributed by atoms with van der Waals surface area (Å²) >= 11 is 5.79. The Balaban J connectivity index is 0.00000529. The molecule has 0 saturated heterocycles. The van der Waals surface area contributed by atoms with Crippen molar-refractivity contribution in [2.45, 2.75) is 13.3 Å². The zero-order valence-electron chi connectivity index (χ0n) is 14.1. The van der Waals surface area contributed by atoms with E-state index in [1.807, 2.05) is 6.92 Å². The summed E-state index contributed by atoms with van der Waals surface area (Å²) in [6, 6.07) is 6.79. The van der Waals surface area contributed by atoms with Gasteiger partial charge in [0.05, 0.1) is 0 Å². The SMILES string of the molecule is CCOCCCNC(=NC)NCCNC(=O)c1ccc(Cl)cc1.I. The number of rotatable bonds is 9. The van der Waals surface area contributed by atoms with Gasteiger partial charge in [-0.1, -0.05) is 11.6 Å². The number of hydrogen-bond acceptors (Lipinski definition) is 3. The first-order chi connectivity index (χ1) is 11.2. The second-order valence-corrected chi connectivity index (χ2v) is 5.18. The van der Waals surface area contributed by atoms with E-state index in [2.05, 4.69) is 20.9 Å². The molecule has 136 valence electrons. The number of hydrogen-bond donors (Lipinski definition) is 3. The molecule has 3 N–H and O–H groups in total. The van der Waals surface area contributed by atoms with Crippen molar-refractivity contribution in [3.8, 4) is 0 Å². The molecule has 0 aliphatic heterocycles. The number of ether oxygens (including phenoxy) is 1. The van der Waals surface area contributed by atoms with Gasteiger partial charge in [-0.2, -0.15) is 0 Å². The highest BCUT2D eigenvalue weighted by Crippen LogP contribution is 2.08. The maximum Gasteiger partial charge on any atom is 0.251 e. The minimum atomic E-state index is -0.122. The molecule has 0 aliphatic carbocycles. The van der Waals surface area contributed by atoms with Crippen LogP contribution < -0.4 is 16.0 Å². The Hall–Kier alpha value is -1.06. The lowest BCUT2D eigenvalue weighted by Gasteiger charge is -2.12. The van der Waals surface area contributed by atoms with Gasteiger partial charge in [-0.05, 0) is 37.6 Å². The fourth-order valence-corrected chi connectivity index (χ4v) is 1.93. The van der Waals surface area contributed by atoms with Crippen LogP contribution in [0.15, 0.2) is 29.3 Å². The number of amides is 1. The van der Waals surface area contributed by atoms with E-state index >= 15 is 0 Å². The molecule has 0 spiro atoms. The second-order valence-electron chi connectivity index (χ2n) is 4.74. The van der Waals surface area contributed by atoms with Crippen LogP contribution in [-0.2, 0) is 4.74 Å². The molecule has 0 bridgehead atoms. The largest absolute Gasteiger partial charge is 0.382 e. The summed E-state index contributed by atoms with van der Waals surface area (Å²) in [6.45, 7) is 5.33. The zero-order chi connectivity index (χ0) is 16.9. The number of carbonyl (C=O) groups is 1. The highest BCUT2D eigenvalue weighted by Gasteiger charge is 2.04. The number of guanidine groups is 1. The Morgan fingerprint density at radius 1 is 1.12 bits per heavy atom. The van der Waals surface area contributed by atoms with Crippen molar-refractivity contribution >= 4 is 47.4 Å². The molecule has 1 aromatic rings. The minimum absolute atomic E-state index is 0. The van der Waals surface area contributed by atoms with Crippen molar-refractivity contribution in [1.82, 2.24) is 16.0 Å². The maximum atomic E-state index is 11.9. The number of nitrogens with one attached hydrogen (secondary N) is 3. The van der Waals surface area contributed by atoms with Crippen molar-refractivity contribution < 1.29 is 9.53 Å². The van der Waals surface area contributed by atoms with Crippen LogP contribution in [0.25, 0.3) is 0 Å². The van der Waals surface area contributed by atoms with Gasteiger partial charge in [0.15, 0.2) is 5.96 Å². The number of benzene rings is 1. The average Bonchev–Trinajstić information content (AvgIpc) is 2.57. The van der Waals surface area contributed by atoms with Crippen LogP contribution in [0, 0.1) is 0 Å². The summed E-state index contributed by atoms with van der Waals surface area (Å²) in [5.74, 6) is 0.588. The van der Waals surface area contributed by atoms with Gasteiger partial charge in [0.2, 0.25) is 0 Å². The molecular formula is C16H26ClIN4O2. The zero-order valence-corrected chi connectivity index (χ0v) is 17.2. The molecule has 0 atom stereocenters. The number of nitrogens with zero attached hydrogens (tertiary/aromatic N) is 1. The van der Waals surface area contributed by atoms with Crippen molar-refractivity contribution in [2.75, 3.05) is 39.9 Å². The Morgan fingerprint density at radius 3 is 2.38 bits per heavy atom. The molecule has 0 fully saturated rings. The van der Waals surface area contributed by atoms with E-state index in [-0.39, 0.29) is 29.9 Å². The van der Waals surface area contributed by atoms with Crippen molar-refractivity contribution in [2.24, 2.45) is 4.99 Å². The fraction of sp³-hybridized carbons (Fsp3) is 0.500. The van der Waals surface area contributed by atoms with Crippen LogP contribution in [0.4, 0.5) is 0 Å². The molecule has 0 heterocycles. The van der Waals surface area contributed by atoms with Crippen LogP contribution in [0.1, 0.15) is 23.7 Å². The number of halogens is 2. The number of aliphatic imine (C=N–C) groups is 1.